The van der Waals surface area contributed by atoms with Crippen molar-refractivity contribution in [3.05, 3.63) is 12.4 Å². The number of piperazine rings is 1. The van der Waals surface area contributed by atoms with E-state index in [0.717, 1.165) is 26.2 Å². The van der Waals surface area contributed by atoms with Gasteiger partial charge in [0.25, 0.3) is 0 Å². The summed E-state index contributed by atoms with van der Waals surface area (Å²) in [5.74, 6) is 0.112. The lowest BCUT2D eigenvalue weighted by Gasteiger charge is -2.39. The molecule has 2 N–H and O–H groups in total. The van der Waals surface area contributed by atoms with E-state index in [-0.39, 0.29) is 12.5 Å². The number of hydrogen-bond donors (Lipinski definition) is 1. The first-order valence-corrected chi connectivity index (χ1v) is 6.40. The molecular weight excluding hydrogens is 230 g/mol. The zero-order valence-electron chi connectivity index (χ0n) is 11.0. The number of amides is 1. The molecule has 1 saturated heterocycles. The SMILES string of the molecule is CCN1CCN(C(=O)Cn2cc(N)cn2)CC1C. The summed E-state index contributed by atoms with van der Waals surface area (Å²) in [6.07, 6.45) is 3.24. The number of nitrogens with zero attached hydrogens (tertiary/aromatic N) is 4. The molecule has 1 fully saturated rings. The number of hydrogen-bond acceptors (Lipinski definition) is 4. The number of rotatable bonds is 3. The summed E-state index contributed by atoms with van der Waals surface area (Å²) in [4.78, 5) is 16.4. The Kier molecular flexibility index (Phi) is 3.86. The summed E-state index contributed by atoms with van der Waals surface area (Å²) in [6.45, 7) is 8.17. The first kappa shape index (κ1) is 12.9. The Morgan fingerprint density at radius 2 is 2.33 bits per heavy atom. The second-order valence-electron chi connectivity index (χ2n) is 4.79. The average Bonchev–Trinajstić information content (AvgIpc) is 2.74. The molecule has 1 unspecified atom stereocenters. The summed E-state index contributed by atoms with van der Waals surface area (Å²) in [5, 5.41) is 4.03. The van der Waals surface area contributed by atoms with Gasteiger partial charge in [-0.05, 0) is 13.5 Å². The van der Waals surface area contributed by atoms with E-state index in [2.05, 4.69) is 23.8 Å². The summed E-state index contributed by atoms with van der Waals surface area (Å²) < 4.78 is 1.59. The Morgan fingerprint density at radius 1 is 1.56 bits per heavy atom. The Hall–Kier alpha value is -1.56. The van der Waals surface area contributed by atoms with E-state index in [4.69, 9.17) is 5.73 Å². The topological polar surface area (TPSA) is 67.4 Å². The minimum absolute atomic E-state index is 0.112. The van der Waals surface area contributed by atoms with Gasteiger partial charge in [-0.3, -0.25) is 14.4 Å². The van der Waals surface area contributed by atoms with Crippen LogP contribution in [0, 0.1) is 0 Å². The molecule has 0 saturated carbocycles. The van der Waals surface area contributed by atoms with Crippen LogP contribution in [0.5, 0.6) is 0 Å². The van der Waals surface area contributed by atoms with Gasteiger partial charge in [0.15, 0.2) is 0 Å². The van der Waals surface area contributed by atoms with Crippen molar-refractivity contribution in [1.29, 1.82) is 0 Å². The monoisotopic (exact) mass is 251 g/mol. The third kappa shape index (κ3) is 2.81. The highest BCUT2D eigenvalue weighted by molar-refractivity contribution is 5.76. The van der Waals surface area contributed by atoms with Crippen molar-refractivity contribution >= 4 is 11.6 Å². The molecule has 1 atom stereocenters. The molecule has 100 valence electrons. The number of aromatic nitrogens is 2. The highest BCUT2D eigenvalue weighted by atomic mass is 16.2. The van der Waals surface area contributed by atoms with Gasteiger partial charge in [0.1, 0.15) is 6.54 Å². The fourth-order valence-corrected chi connectivity index (χ4v) is 2.40. The van der Waals surface area contributed by atoms with Crippen molar-refractivity contribution in [2.24, 2.45) is 0 Å². The minimum atomic E-state index is 0.112. The smallest absolute Gasteiger partial charge is 0.244 e. The van der Waals surface area contributed by atoms with E-state index in [1.165, 1.54) is 0 Å². The van der Waals surface area contributed by atoms with Crippen LogP contribution in [0.4, 0.5) is 5.69 Å². The highest BCUT2D eigenvalue weighted by Gasteiger charge is 2.25. The lowest BCUT2D eigenvalue weighted by atomic mass is 10.2. The second kappa shape index (κ2) is 5.39. The van der Waals surface area contributed by atoms with Crippen LogP contribution in [0.25, 0.3) is 0 Å². The van der Waals surface area contributed by atoms with E-state index in [0.29, 0.717) is 11.7 Å². The van der Waals surface area contributed by atoms with Crippen LogP contribution in [0.15, 0.2) is 12.4 Å². The standard InChI is InChI=1S/C12H21N5O/c1-3-15-4-5-16(7-10(15)2)12(18)9-17-8-11(13)6-14-17/h6,8,10H,3-5,7,9,13H2,1-2H3. The lowest BCUT2D eigenvalue weighted by Crippen LogP contribution is -2.54. The molecule has 2 heterocycles. The molecule has 1 aliphatic heterocycles. The Balaban J connectivity index is 1.90. The van der Waals surface area contributed by atoms with Crippen molar-refractivity contribution in [1.82, 2.24) is 19.6 Å². The minimum Gasteiger partial charge on any atom is -0.396 e. The average molecular weight is 251 g/mol. The van der Waals surface area contributed by atoms with Crippen molar-refractivity contribution in [3.8, 4) is 0 Å². The highest BCUT2D eigenvalue weighted by Crippen LogP contribution is 2.10. The van der Waals surface area contributed by atoms with Crippen LogP contribution in [0.2, 0.25) is 0 Å². The van der Waals surface area contributed by atoms with Gasteiger partial charge in [-0.1, -0.05) is 6.92 Å². The Bertz CT molecular complexity index is 416. The fourth-order valence-electron chi connectivity index (χ4n) is 2.40. The van der Waals surface area contributed by atoms with Gasteiger partial charge in [0, 0.05) is 31.9 Å². The van der Waals surface area contributed by atoms with Crippen molar-refractivity contribution in [2.75, 3.05) is 31.9 Å². The molecule has 0 radical (unpaired) electrons. The van der Waals surface area contributed by atoms with Gasteiger partial charge in [0.2, 0.25) is 5.91 Å². The molecule has 1 amide bonds. The quantitative estimate of drug-likeness (QED) is 0.822. The van der Waals surface area contributed by atoms with Gasteiger partial charge >= 0.3 is 0 Å². The molecule has 6 heteroatoms. The molecular formula is C12H21N5O. The number of nitrogen functional groups attached to an aromatic ring is 1. The zero-order chi connectivity index (χ0) is 13.1. The number of likely N-dealkylation sites (N-methyl/N-ethyl adjacent to an activating group) is 1. The van der Waals surface area contributed by atoms with Crippen LogP contribution < -0.4 is 5.73 Å². The van der Waals surface area contributed by atoms with Crippen LogP contribution in [0.3, 0.4) is 0 Å². The molecule has 0 aliphatic carbocycles. The molecule has 2 rings (SSSR count). The van der Waals surface area contributed by atoms with Gasteiger partial charge in [-0.25, -0.2) is 0 Å². The number of carbonyl (C=O) groups excluding carboxylic acids is 1. The molecule has 6 nitrogen and oxygen atoms in total. The molecule has 1 aliphatic rings. The maximum atomic E-state index is 12.1. The third-order valence-electron chi connectivity index (χ3n) is 3.47. The Morgan fingerprint density at radius 3 is 2.89 bits per heavy atom. The summed E-state index contributed by atoms with van der Waals surface area (Å²) in [7, 11) is 0. The predicted molar refractivity (Wildman–Crippen MR) is 69.9 cm³/mol. The number of nitrogens with two attached hydrogens (primary N) is 1. The molecule has 18 heavy (non-hydrogen) atoms. The molecule has 1 aromatic rings. The first-order chi connectivity index (χ1) is 8.60. The van der Waals surface area contributed by atoms with Gasteiger partial charge in [-0.2, -0.15) is 5.10 Å². The lowest BCUT2D eigenvalue weighted by molar-refractivity contribution is -0.134. The molecule has 1 aromatic heterocycles. The van der Waals surface area contributed by atoms with E-state index in [1.807, 2.05) is 4.90 Å². The molecule has 0 spiro atoms. The molecule has 0 bridgehead atoms. The van der Waals surface area contributed by atoms with Crippen molar-refractivity contribution in [3.63, 3.8) is 0 Å². The van der Waals surface area contributed by atoms with Gasteiger partial charge < -0.3 is 10.6 Å². The summed E-state index contributed by atoms with van der Waals surface area (Å²) in [6, 6.07) is 0.426. The largest absolute Gasteiger partial charge is 0.396 e. The molecule has 0 aromatic carbocycles. The predicted octanol–water partition coefficient (Wildman–Crippen LogP) is 0.0179. The number of anilines is 1. The van der Waals surface area contributed by atoms with E-state index >= 15 is 0 Å². The van der Waals surface area contributed by atoms with Crippen molar-refractivity contribution in [2.45, 2.75) is 26.4 Å². The third-order valence-corrected chi connectivity index (χ3v) is 3.47. The van der Waals surface area contributed by atoms with E-state index in [1.54, 1.807) is 17.1 Å². The van der Waals surface area contributed by atoms with E-state index < -0.39 is 0 Å². The van der Waals surface area contributed by atoms with Crippen LogP contribution in [-0.2, 0) is 11.3 Å². The summed E-state index contributed by atoms with van der Waals surface area (Å²) >= 11 is 0. The first-order valence-electron chi connectivity index (χ1n) is 6.40. The van der Waals surface area contributed by atoms with Crippen LogP contribution in [-0.4, -0.2) is 57.7 Å². The second-order valence-corrected chi connectivity index (χ2v) is 4.79. The zero-order valence-corrected chi connectivity index (χ0v) is 11.0. The normalized spacial score (nSPS) is 21.2. The van der Waals surface area contributed by atoms with E-state index in [9.17, 15) is 4.79 Å². The maximum Gasteiger partial charge on any atom is 0.244 e. The van der Waals surface area contributed by atoms with Crippen LogP contribution in [0.1, 0.15) is 13.8 Å². The van der Waals surface area contributed by atoms with Gasteiger partial charge in [0.05, 0.1) is 11.9 Å². The fraction of sp³-hybridized carbons (Fsp3) is 0.667. The van der Waals surface area contributed by atoms with Gasteiger partial charge in [-0.15, -0.1) is 0 Å². The number of carbonyl (C=O) groups is 1. The van der Waals surface area contributed by atoms with Crippen LogP contribution >= 0.6 is 0 Å². The van der Waals surface area contributed by atoms with Crippen molar-refractivity contribution < 1.29 is 4.79 Å². The Labute approximate surface area is 107 Å². The maximum absolute atomic E-state index is 12.1. The summed E-state index contributed by atoms with van der Waals surface area (Å²) in [5.41, 5.74) is 6.17.